The number of aromatic nitrogens is 1. The van der Waals surface area contributed by atoms with Crippen LogP contribution in [-0.2, 0) is 11.3 Å². The minimum absolute atomic E-state index is 0.246. The van der Waals surface area contributed by atoms with E-state index in [4.69, 9.17) is 16.7 Å². The second-order valence-electron chi connectivity index (χ2n) is 3.92. The topological polar surface area (TPSA) is 62.5 Å². The molecule has 2 N–H and O–H groups in total. The Morgan fingerprint density at radius 3 is 2.88 bits per heavy atom. The lowest BCUT2D eigenvalue weighted by Crippen LogP contribution is -2.19. The molecule has 1 heterocycles. The summed E-state index contributed by atoms with van der Waals surface area (Å²) in [5.41, 5.74) is 0.891. The molecule has 2 aromatic rings. The molecular weight excluding hydrogens is 242 g/mol. The van der Waals surface area contributed by atoms with Gasteiger partial charge in [0.05, 0.1) is 12.5 Å². The van der Waals surface area contributed by atoms with Crippen LogP contribution < -0.4 is 0 Å². The molecule has 0 amide bonds. The van der Waals surface area contributed by atoms with Gasteiger partial charge in [-0.3, -0.25) is 4.79 Å². The molecule has 0 aliphatic carbocycles. The first-order chi connectivity index (χ1) is 8.06. The van der Waals surface area contributed by atoms with Crippen molar-refractivity contribution in [2.24, 2.45) is 0 Å². The second kappa shape index (κ2) is 4.77. The Morgan fingerprint density at radius 2 is 2.18 bits per heavy atom. The number of hydrogen-bond donors (Lipinski definition) is 2. The van der Waals surface area contributed by atoms with E-state index in [-0.39, 0.29) is 13.0 Å². The van der Waals surface area contributed by atoms with E-state index in [9.17, 15) is 9.90 Å². The number of aliphatic carboxylic acids is 1. The predicted molar refractivity (Wildman–Crippen MR) is 65.2 cm³/mol. The number of fused-ring (bicyclic) bond motifs is 1. The van der Waals surface area contributed by atoms with Crippen LogP contribution in [0, 0.1) is 0 Å². The van der Waals surface area contributed by atoms with Crippen LogP contribution in [0.25, 0.3) is 10.9 Å². The molecule has 0 saturated heterocycles. The second-order valence-corrected chi connectivity index (χ2v) is 4.36. The van der Waals surface area contributed by atoms with Gasteiger partial charge in [0.25, 0.3) is 0 Å². The Hall–Kier alpha value is -1.52. The molecule has 0 aliphatic rings. The van der Waals surface area contributed by atoms with Crippen molar-refractivity contribution in [3.63, 3.8) is 0 Å². The van der Waals surface area contributed by atoms with Gasteiger partial charge in [-0.1, -0.05) is 17.7 Å². The number of carboxylic acids is 1. The maximum Gasteiger partial charge on any atom is 0.306 e. The van der Waals surface area contributed by atoms with Crippen LogP contribution in [0.4, 0.5) is 0 Å². The summed E-state index contributed by atoms with van der Waals surface area (Å²) in [5, 5.41) is 19.8. The van der Waals surface area contributed by atoms with Crippen molar-refractivity contribution in [1.29, 1.82) is 0 Å². The van der Waals surface area contributed by atoms with Crippen LogP contribution in [0.3, 0.4) is 0 Å². The van der Waals surface area contributed by atoms with Crippen molar-refractivity contribution in [2.75, 3.05) is 0 Å². The highest BCUT2D eigenvalue weighted by Crippen LogP contribution is 2.20. The van der Waals surface area contributed by atoms with Crippen LogP contribution in [0.15, 0.2) is 30.5 Å². The zero-order valence-corrected chi connectivity index (χ0v) is 9.76. The fraction of sp³-hybridized carbons (Fsp3) is 0.250. The summed E-state index contributed by atoms with van der Waals surface area (Å²) in [6.45, 7) is 0.246. The molecule has 17 heavy (non-hydrogen) atoms. The van der Waals surface area contributed by atoms with Crippen LogP contribution in [-0.4, -0.2) is 26.9 Å². The largest absolute Gasteiger partial charge is 0.481 e. The molecule has 0 fully saturated rings. The number of benzene rings is 1. The molecule has 4 nitrogen and oxygen atoms in total. The van der Waals surface area contributed by atoms with Crippen LogP contribution in [0.5, 0.6) is 0 Å². The summed E-state index contributed by atoms with van der Waals surface area (Å²) >= 11 is 5.90. The van der Waals surface area contributed by atoms with Gasteiger partial charge in [0.1, 0.15) is 0 Å². The maximum absolute atomic E-state index is 10.5. The molecule has 5 heteroatoms. The number of rotatable bonds is 4. The molecule has 0 spiro atoms. The predicted octanol–water partition coefficient (Wildman–Crippen LogP) is 2.13. The fourth-order valence-electron chi connectivity index (χ4n) is 1.81. The number of aliphatic hydroxyl groups is 1. The average Bonchev–Trinajstić information content (AvgIpc) is 2.60. The van der Waals surface area contributed by atoms with E-state index in [0.717, 1.165) is 10.9 Å². The third-order valence-electron chi connectivity index (χ3n) is 2.55. The van der Waals surface area contributed by atoms with Crippen LogP contribution in [0.1, 0.15) is 6.42 Å². The van der Waals surface area contributed by atoms with Crippen molar-refractivity contribution in [2.45, 2.75) is 19.1 Å². The highest BCUT2D eigenvalue weighted by atomic mass is 35.5. The zero-order chi connectivity index (χ0) is 12.4. The van der Waals surface area contributed by atoms with Gasteiger partial charge in [-0.2, -0.15) is 0 Å². The van der Waals surface area contributed by atoms with Crippen LogP contribution in [0.2, 0.25) is 5.02 Å². The Balaban J connectivity index is 2.24. The molecule has 1 unspecified atom stereocenters. The first-order valence-electron chi connectivity index (χ1n) is 5.20. The summed E-state index contributed by atoms with van der Waals surface area (Å²) < 4.78 is 1.80. The first kappa shape index (κ1) is 12.0. The van der Waals surface area contributed by atoms with E-state index in [0.29, 0.717) is 5.02 Å². The highest BCUT2D eigenvalue weighted by molar-refractivity contribution is 6.31. The van der Waals surface area contributed by atoms with E-state index < -0.39 is 12.1 Å². The van der Waals surface area contributed by atoms with Gasteiger partial charge in [-0.15, -0.1) is 0 Å². The fourth-order valence-corrected chi connectivity index (χ4v) is 1.98. The molecule has 2 rings (SSSR count). The smallest absolute Gasteiger partial charge is 0.306 e. The van der Waals surface area contributed by atoms with E-state index in [1.165, 1.54) is 0 Å². The van der Waals surface area contributed by atoms with Crippen molar-refractivity contribution in [3.8, 4) is 0 Å². The van der Waals surface area contributed by atoms with Gasteiger partial charge < -0.3 is 14.8 Å². The van der Waals surface area contributed by atoms with Crippen molar-refractivity contribution >= 4 is 28.5 Å². The first-order valence-corrected chi connectivity index (χ1v) is 5.58. The standard InChI is InChI=1S/C12H12ClNO3/c13-9-2-1-8-3-4-14(11(8)5-9)7-10(15)6-12(16)17/h1-5,10,15H,6-7H2,(H,16,17). The summed E-state index contributed by atoms with van der Waals surface area (Å²) in [7, 11) is 0. The molecule has 0 bridgehead atoms. The molecular formula is C12H12ClNO3. The molecule has 0 radical (unpaired) electrons. The molecule has 90 valence electrons. The number of hydrogen-bond acceptors (Lipinski definition) is 2. The van der Waals surface area contributed by atoms with Crippen molar-refractivity contribution in [1.82, 2.24) is 4.57 Å². The third kappa shape index (κ3) is 2.78. The summed E-state index contributed by atoms with van der Waals surface area (Å²) in [5.74, 6) is -1.01. The average molecular weight is 254 g/mol. The Labute approximate surface area is 103 Å². The maximum atomic E-state index is 10.5. The van der Waals surface area contributed by atoms with Gasteiger partial charge >= 0.3 is 5.97 Å². The minimum Gasteiger partial charge on any atom is -0.481 e. The summed E-state index contributed by atoms with van der Waals surface area (Å²) in [6.07, 6.45) is 0.647. The molecule has 1 aromatic heterocycles. The molecule has 1 atom stereocenters. The molecule has 0 saturated carbocycles. The van der Waals surface area contributed by atoms with E-state index in [2.05, 4.69) is 0 Å². The Bertz CT molecular complexity index is 550. The normalized spacial score (nSPS) is 12.8. The Kier molecular flexibility index (Phi) is 3.36. The molecule has 1 aromatic carbocycles. The summed E-state index contributed by atoms with van der Waals surface area (Å²) in [4.78, 5) is 10.5. The third-order valence-corrected chi connectivity index (χ3v) is 2.79. The Morgan fingerprint density at radius 1 is 1.41 bits per heavy atom. The number of nitrogens with zero attached hydrogens (tertiary/aromatic N) is 1. The van der Waals surface area contributed by atoms with Gasteiger partial charge in [-0.05, 0) is 23.6 Å². The van der Waals surface area contributed by atoms with E-state index in [1.54, 1.807) is 16.7 Å². The highest BCUT2D eigenvalue weighted by Gasteiger charge is 2.11. The lowest BCUT2D eigenvalue weighted by Gasteiger charge is -2.10. The van der Waals surface area contributed by atoms with E-state index >= 15 is 0 Å². The summed E-state index contributed by atoms with van der Waals surface area (Å²) in [6, 6.07) is 7.38. The lowest BCUT2D eigenvalue weighted by atomic mass is 10.2. The SMILES string of the molecule is O=C(O)CC(O)Cn1ccc2ccc(Cl)cc21. The van der Waals surface area contributed by atoms with Gasteiger partial charge in [0.2, 0.25) is 0 Å². The van der Waals surface area contributed by atoms with Crippen molar-refractivity contribution in [3.05, 3.63) is 35.5 Å². The molecule has 0 aliphatic heterocycles. The van der Waals surface area contributed by atoms with Crippen LogP contribution >= 0.6 is 11.6 Å². The number of halogens is 1. The monoisotopic (exact) mass is 253 g/mol. The quantitative estimate of drug-likeness (QED) is 0.877. The van der Waals surface area contributed by atoms with Gasteiger partial charge in [0, 0.05) is 23.3 Å². The number of carboxylic acid groups (broad SMARTS) is 1. The lowest BCUT2D eigenvalue weighted by molar-refractivity contribution is -0.139. The number of aliphatic hydroxyl groups excluding tert-OH is 1. The van der Waals surface area contributed by atoms with Crippen molar-refractivity contribution < 1.29 is 15.0 Å². The zero-order valence-electron chi connectivity index (χ0n) is 9.01. The minimum atomic E-state index is -1.01. The van der Waals surface area contributed by atoms with Gasteiger partial charge in [0.15, 0.2) is 0 Å². The van der Waals surface area contributed by atoms with Gasteiger partial charge in [-0.25, -0.2) is 0 Å². The number of carbonyl (C=O) groups is 1. The van der Waals surface area contributed by atoms with E-state index in [1.807, 2.05) is 18.3 Å².